The highest BCUT2D eigenvalue weighted by atomic mass is 16.5. The van der Waals surface area contributed by atoms with Crippen molar-refractivity contribution in [1.29, 1.82) is 0 Å². The highest BCUT2D eigenvalue weighted by Gasteiger charge is 2.29. The van der Waals surface area contributed by atoms with E-state index in [-0.39, 0.29) is 0 Å². The number of aromatic amines is 1. The predicted octanol–water partition coefficient (Wildman–Crippen LogP) is 2.28. The summed E-state index contributed by atoms with van der Waals surface area (Å²) in [4.78, 5) is 4.13. The third kappa shape index (κ3) is 3.61. The summed E-state index contributed by atoms with van der Waals surface area (Å²) >= 11 is 0. The van der Waals surface area contributed by atoms with Gasteiger partial charge >= 0.3 is 0 Å². The smallest absolute Gasteiger partial charge is 0.137 e. The van der Waals surface area contributed by atoms with Crippen molar-refractivity contribution in [3.8, 4) is 5.75 Å². The largest absolute Gasteiger partial charge is 0.497 e. The van der Waals surface area contributed by atoms with Crippen molar-refractivity contribution in [1.82, 2.24) is 20.5 Å². The van der Waals surface area contributed by atoms with E-state index >= 15 is 0 Å². The molecule has 0 saturated heterocycles. The Morgan fingerprint density at radius 3 is 3.05 bits per heavy atom. The minimum absolute atomic E-state index is 0.649. The summed E-state index contributed by atoms with van der Waals surface area (Å²) in [5.74, 6) is 2.60. The van der Waals surface area contributed by atoms with E-state index < -0.39 is 0 Å². The molecule has 0 radical (unpaired) electrons. The SMILES string of the molecule is COc1cccc(C2CC(NCCCc3ncn[nH]3)C2)c1. The van der Waals surface area contributed by atoms with E-state index in [0.717, 1.165) is 31.0 Å². The molecule has 0 aliphatic heterocycles. The van der Waals surface area contributed by atoms with Gasteiger partial charge in [-0.2, -0.15) is 5.10 Å². The molecular weight excluding hydrogens is 264 g/mol. The molecule has 1 fully saturated rings. The van der Waals surface area contributed by atoms with Crippen LogP contribution in [0.1, 0.15) is 36.6 Å². The van der Waals surface area contributed by atoms with E-state index in [1.165, 1.54) is 18.4 Å². The van der Waals surface area contributed by atoms with Crippen LogP contribution in [-0.4, -0.2) is 34.9 Å². The number of benzene rings is 1. The molecule has 1 aromatic carbocycles. The van der Waals surface area contributed by atoms with Crippen LogP contribution >= 0.6 is 0 Å². The summed E-state index contributed by atoms with van der Waals surface area (Å²) in [6.45, 7) is 1.04. The summed E-state index contributed by atoms with van der Waals surface area (Å²) in [5, 5.41) is 10.4. The molecule has 0 unspecified atom stereocenters. The van der Waals surface area contributed by atoms with Crippen molar-refractivity contribution in [3.05, 3.63) is 42.0 Å². The Morgan fingerprint density at radius 2 is 2.29 bits per heavy atom. The van der Waals surface area contributed by atoms with E-state index in [2.05, 4.69) is 38.7 Å². The molecule has 2 N–H and O–H groups in total. The van der Waals surface area contributed by atoms with Crippen molar-refractivity contribution in [2.75, 3.05) is 13.7 Å². The lowest BCUT2D eigenvalue weighted by Gasteiger charge is -2.36. The van der Waals surface area contributed by atoms with Gasteiger partial charge in [0.2, 0.25) is 0 Å². The molecule has 1 heterocycles. The molecule has 1 saturated carbocycles. The lowest BCUT2D eigenvalue weighted by molar-refractivity contribution is 0.290. The lowest BCUT2D eigenvalue weighted by Crippen LogP contribution is -2.40. The van der Waals surface area contributed by atoms with Gasteiger partial charge in [-0.3, -0.25) is 5.10 Å². The van der Waals surface area contributed by atoms with Crippen LogP contribution in [0.3, 0.4) is 0 Å². The van der Waals surface area contributed by atoms with Crippen LogP contribution in [0, 0.1) is 0 Å². The molecule has 0 atom stereocenters. The predicted molar refractivity (Wildman–Crippen MR) is 81.5 cm³/mol. The highest BCUT2D eigenvalue weighted by molar-refractivity contribution is 5.32. The molecule has 5 heteroatoms. The fourth-order valence-corrected chi connectivity index (χ4v) is 2.87. The molecule has 5 nitrogen and oxygen atoms in total. The minimum Gasteiger partial charge on any atom is -0.497 e. The number of ether oxygens (including phenoxy) is 1. The molecule has 0 spiro atoms. The quantitative estimate of drug-likeness (QED) is 0.767. The topological polar surface area (TPSA) is 62.8 Å². The molecule has 2 aromatic rings. The molecule has 1 aliphatic rings. The Balaban J connectivity index is 1.35. The van der Waals surface area contributed by atoms with Gasteiger partial charge in [0.05, 0.1) is 7.11 Å². The number of methoxy groups -OCH3 is 1. The van der Waals surface area contributed by atoms with Crippen LogP contribution in [0.25, 0.3) is 0 Å². The van der Waals surface area contributed by atoms with Crippen molar-refractivity contribution in [2.45, 2.75) is 37.6 Å². The van der Waals surface area contributed by atoms with Gasteiger partial charge in [0.15, 0.2) is 0 Å². The number of rotatable bonds is 7. The van der Waals surface area contributed by atoms with Crippen LogP contribution < -0.4 is 10.1 Å². The first kappa shape index (κ1) is 14.1. The maximum Gasteiger partial charge on any atom is 0.137 e. The Labute approximate surface area is 125 Å². The number of aryl methyl sites for hydroxylation is 1. The average molecular weight is 286 g/mol. The van der Waals surface area contributed by atoms with E-state index in [4.69, 9.17) is 4.74 Å². The van der Waals surface area contributed by atoms with Crippen molar-refractivity contribution >= 4 is 0 Å². The van der Waals surface area contributed by atoms with Crippen molar-refractivity contribution in [3.63, 3.8) is 0 Å². The van der Waals surface area contributed by atoms with Gasteiger partial charge in [-0.05, 0) is 49.4 Å². The second-order valence-corrected chi connectivity index (χ2v) is 5.63. The number of hydrogen-bond donors (Lipinski definition) is 2. The molecule has 0 amide bonds. The Bertz CT molecular complexity index is 549. The molecule has 3 rings (SSSR count). The normalized spacial score (nSPS) is 21.0. The third-order valence-corrected chi connectivity index (χ3v) is 4.19. The zero-order chi connectivity index (χ0) is 14.5. The number of hydrogen-bond acceptors (Lipinski definition) is 4. The van der Waals surface area contributed by atoms with Crippen LogP contribution in [0.2, 0.25) is 0 Å². The van der Waals surface area contributed by atoms with Gasteiger partial charge in [0.1, 0.15) is 17.9 Å². The number of nitrogens with zero attached hydrogens (tertiary/aromatic N) is 2. The van der Waals surface area contributed by atoms with Gasteiger partial charge in [0, 0.05) is 12.5 Å². The minimum atomic E-state index is 0.649. The number of H-pyrrole nitrogens is 1. The van der Waals surface area contributed by atoms with Gasteiger partial charge in [-0.25, -0.2) is 4.98 Å². The average Bonchev–Trinajstić information content (AvgIpc) is 2.98. The van der Waals surface area contributed by atoms with Gasteiger partial charge in [-0.15, -0.1) is 0 Å². The lowest BCUT2D eigenvalue weighted by atomic mass is 9.76. The van der Waals surface area contributed by atoms with Crippen LogP contribution in [0.15, 0.2) is 30.6 Å². The van der Waals surface area contributed by atoms with Crippen molar-refractivity contribution in [2.24, 2.45) is 0 Å². The standard InChI is InChI=1S/C16H22N4O/c1-21-15-5-2-4-12(10-15)13-8-14(9-13)17-7-3-6-16-18-11-19-20-16/h2,4-5,10-11,13-14,17H,3,6-9H2,1H3,(H,18,19,20). The van der Waals surface area contributed by atoms with Crippen LogP contribution in [-0.2, 0) is 6.42 Å². The number of aromatic nitrogens is 3. The Kier molecular flexibility index (Phi) is 4.50. The molecular formula is C16H22N4O. The number of nitrogens with one attached hydrogen (secondary N) is 2. The van der Waals surface area contributed by atoms with E-state index in [9.17, 15) is 0 Å². The third-order valence-electron chi connectivity index (χ3n) is 4.19. The van der Waals surface area contributed by atoms with Crippen LogP contribution in [0.4, 0.5) is 0 Å². The van der Waals surface area contributed by atoms with Gasteiger partial charge in [0.25, 0.3) is 0 Å². The Morgan fingerprint density at radius 1 is 1.38 bits per heavy atom. The summed E-state index contributed by atoms with van der Waals surface area (Å²) < 4.78 is 5.29. The van der Waals surface area contributed by atoms with Gasteiger partial charge in [-0.1, -0.05) is 12.1 Å². The zero-order valence-electron chi connectivity index (χ0n) is 12.4. The fraction of sp³-hybridized carbons (Fsp3) is 0.500. The second-order valence-electron chi connectivity index (χ2n) is 5.63. The molecule has 1 aromatic heterocycles. The maximum absolute atomic E-state index is 5.29. The van der Waals surface area contributed by atoms with E-state index in [1.54, 1.807) is 13.4 Å². The molecule has 1 aliphatic carbocycles. The summed E-state index contributed by atoms with van der Waals surface area (Å²) in [5.41, 5.74) is 1.40. The van der Waals surface area contributed by atoms with Crippen LogP contribution in [0.5, 0.6) is 5.75 Å². The van der Waals surface area contributed by atoms with Gasteiger partial charge < -0.3 is 10.1 Å². The summed E-state index contributed by atoms with van der Waals surface area (Å²) in [7, 11) is 1.72. The summed E-state index contributed by atoms with van der Waals surface area (Å²) in [6, 6.07) is 9.09. The van der Waals surface area contributed by atoms with Crippen molar-refractivity contribution < 1.29 is 4.74 Å². The highest BCUT2D eigenvalue weighted by Crippen LogP contribution is 2.37. The molecule has 112 valence electrons. The zero-order valence-corrected chi connectivity index (χ0v) is 12.4. The summed E-state index contributed by atoms with van der Waals surface area (Å²) in [6.07, 6.45) is 6.05. The first-order valence-electron chi connectivity index (χ1n) is 7.56. The van der Waals surface area contributed by atoms with E-state index in [1.807, 2.05) is 6.07 Å². The monoisotopic (exact) mass is 286 g/mol. The second kappa shape index (κ2) is 6.72. The van der Waals surface area contributed by atoms with E-state index in [0.29, 0.717) is 12.0 Å². The Hall–Kier alpha value is -1.88. The molecule has 21 heavy (non-hydrogen) atoms. The maximum atomic E-state index is 5.29. The first-order chi connectivity index (χ1) is 10.3. The fourth-order valence-electron chi connectivity index (χ4n) is 2.87. The molecule has 0 bridgehead atoms. The first-order valence-corrected chi connectivity index (χ1v) is 7.56.